The van der Waals surface area contributed by atoms with E-state index in [1.807, 2.05) is 36.4 Å². The summed E-state index contributed by atoms with van der Waals surface area (Å²) in [4.78, 5) is 15.3. The minimum absolute atomic E-state index is 0.0114. The number of ether oxygens (including phenoxy) is 1. The molecule has 0 bridgehead atoms. The van der Waals surface area contributed by atoms with Crippen molar-refractivity contribution in [1.82, 2.24) is 10.2 Å². The summed E-state index contributed by atoms with van der Waals surface area (Å²) in [7, 11) is 1.66. The number of hydrogen-bond acceptors (Lipinski definition) is 3. The molecule has 1 aliphatic heterocycles. The zero-order valence-electron chi connectivity index (χ0n) is 17.3. The quantitative estimate of drug-likeness (QED) is 0.715. The number of amides is 1. The Morgan fingerprint density at radius 3 is 2.25 bits per heavy atom. The van der Waals surface area contributed by atoms with E-state index in [-0.39, 0.29) is 11.9 Å². The van der Waals surface area contributed by atoms with Crippen molar-refractivity contribution in [2.24, 2.45) is 5.92 Å². The van der Waals surface area contributed by atoms with Crippen LogP contribution in [0, 0.1) is 5.92 Å². The van der Waals surface area contributed by atoms with Crippen LogP contribution in [-0.2, 0) is 6.54 Å². The van der Waals surface area contributed by atoms with Crippen molar-refractivity contribution in [3.8, 4) is 5.75 Å². The molecule has 1 heterocycles. The predicted molar refractivity (Wildman–Crippen MR) is 114 cm³/mol. The summed E-state index contributed by atoms with van der Waals surface area (Å²) in [6.45, 7) is 7.69. The molecule has 1 saturated heterocycles. The maximum Gasteiger partial charge on any atom is 0.251 e. The molecule has 0 radical (unpaired) electrons. The SMILES string of the molecule is COc1ccc([C@@H](CC(C)C)NC(=O)c2ccc(CN3CCCC3)cc2)cc1. The lowest BCUT2D eigenvalue weighted by Crippen LogP contribution is -2.29. The van der Waals surface area contributed by atoms with Crippen molar-refractivity contribution in [3.63, 3.8) is 0 Å². The first-order valence-electron chi connectivity index (χ1n) is 10.3. The highest BCUT2D eigenvalue weighted by atomic mass is 16.5. The van der Waals surface area contributed by atoms with Gasteiger partial charge in [0.15, 0.2) is 0 Å². The Hall–Kier alpha value is -2.33. The molecule has 0 aromatic heterocycles. The minimum Gasteiger partial charge on any atom is -0.497 e. The van der Waals surface area contributed by atoms with Gasteiger partial charge in [0.1, 0.15) is 5.75 Å². The van der Waals surface area contributed by atoms with Crippen LogP contribution in [0.1, 0.15) is 60.6 Å². The number of hydrogen-bond donors (Lipinski definition) is 1. The number of likely N-dealkylation sites (tertiary alicyclic amines) is 1. The Bertz CT molecular complexity index is 747. The second-order valence-corrected chi connectivity index (χ2v) is 8.11. The first-order chi connectivity index (χ1) is 13.5. The molecule has 0 unspecified atom stereocenters. The molecule has 0 spiro atoms. The van der Waals surface area contributed by atoms with Gasteiger partial charge in [-0.1, -0.05) is 38.1 Å². The molecule has 2 aromatic rings. The summed E-state index contributed by atoms with van der Waals surface area (Å²) in [5.41, 5.74) is 3.09. The van der Waals surface area contributed by atoms with Gasteiger partial charge in [-0.15, -0.1) is 0 Å². The Morgan fingerprint density at radius 2 is 1.68 bits per heavy atom. The van der Waals surface area contributed by atoms with Crippen molar-refractivity contribution in [3.05, 3.63) is 65.2 Å². The smallest absolute Gasteiger partial charge is 0.251 e. The highest BCUT2D eigenvalue weighted by molar-refractivity contribution is 5.94. The van der Waals surface area contributed by atoms with Crippen LogP contribution < -0.4 is 10.1 Å². The van der Waals surface area contributed by atoms with Crippen molar-refractivity contribution in [2.75, 3.05) is 20.2 Å². The molecule has 2 aromatic carbocycles. The summed E-state index contributed by atoms with van der Waals surface area (Å²) in [5.74, 6) is 1.29. The van der Waals surface area contributed by atoms with Crippen LogP contribution in [0.3, 0.4) is 0 Å². The van der Waals surface area contributed by atoms with Gasteiger partial charge in [-0.25, -0.2) is 0 Å². The summed E-state index contributed by atoms with van der Waals surface area (Å²) in [6.07, 6.45) is 3.48. The minimum atomic E-state index is -0.0193. The molecule has 1 N–H and O–H groups in total. The third-order valence-corrected chi connectivity index (χ3v) is 5.35. The molecule has 3 rings (SSSR count). The van der Waals surface area contributed by atoms with Crippen LogP contribution in [0.4, 0.5) is 0 Å². The molecular weight excluding hydrogens is 348 g/mol. The number of nitrogens with zero attached hydrogens (tertiary/aromatic N) is 1. The Labute approximate surface area is 168 Å². The van der Waals surface area contributed by atoms with Gasteiger partial charge >= 0.3 is 0 Å². The lowest BCUT2D eigenvalue weighted by Gasteiger charge is -2.22. The van der Waals surface area contributed by atoms with Crippen LogP contribution in [0.15, 0.2) is 48.5 Å². The largest absolute Gasteiger partial charge is 0.497 e. The topological polar surface area (TPSA) is 41.6 Å². The van der Waals surface area contributed by atoms with E-state index in [1.54, 1.807) is 7.11 Å². The number of rotatable bonds is 8. The summed E-state index contributed by atoms with van der Waals surface area (Å²) >= 11 is 0. The zero-order valence-corrected chi connectivity index (χ0v) is 17.3. The van der Waals surface area contributed by atoms with Crippen molar-refractivity contribution in [2.45, 2.75) is 45.7 Å². The fourth-order valence-electron chi connectivity index (χ4n) is 3.79. The van der Waals surface area contributed by atoms with Gasteiger partial charge in [-0.2, -0.15) is 0 Å². The van der Waals surface area contributed by atoms with Gasteiger partial charge in [-0.05, 0) is 73.7 Å². The predicted octanol–water partition coefficient (Wildman–Crippen LogP) is 4.81. The molecular formula is C24H32N2O2. The van der Waals surface area contributed by atoms with Crippen LogP contribution in [0.25, 0.3) is 0 Å². The molecule has 1 fully saturated rings. The maximum atomic E-state index is 12.8. The molecule has 4 nitrogen and oxygen atoms in total. The summed E-state index contributed by atoms with van der Waals surface area (Å²) < 4.78 is 5.25. The van der Waals surface area contributed by atoms with E-state index in [1.165, 1.54) is 31.5 Å². The van der Waals surface area contributed by atoms with Crippen molar-refractivity contribution in [1.29, 1.82) is 0 Å². The number of methoxy groups -OCH3 is 1. The molecule has 1 amide bonds. The van der Waals surface area contributed by atoms with Crippen molar-refractivity contribution >= 4 is 5.91 Å². The Balaban J connectivity index is 1.66. The molecule has 1 aliphatic rings. The van der Waals surface area contributed by atoms with E-state index in [9.17, 15) is 4.79 Å². The Kier molecular flexibility index (Phi) is 7.10. The summed E-state index contributed by atoms with van der Waals surface area (Å²) in [5, 5.41) is 3.22. The van der Waals surface area contributed by atoms with Gasteiger partial charge in [0, 0.05) is 12.1 Å². The van der Waals surface area contributed by atoms with Gasteiger partial charge in [0.25, 0.3) is 5.91 Å². The summed E-state index contributed by atoms with van der Waals surface area (Å²) in [6, 6.07) is 16.0. The van der Waals surface area contributed by atoms with Gasteiger partial charge in [-0.3, -0.25) is 9.69 Å². The van der Waals surface area contributed by atoms with Gasteiger partial charge in [0.05, 0.1) is 13.2 Å². The molecule has 1 atom stereocenters. The van der Waals surface area contributed by atoms with Crippen LogP contribution in [0.2, 0.25) is 0 Å². The third kappa shape index (κ3) is 5.59. The normalized spacial score (nSPS) is 15.6. The first-order valence-corrected chi connectivity index (χ1v) is 10.3. The average Bonchev–Trinajstić information content (AvgIpc) is 3.21. The van der Waals surface area contributed by atoms with E-state index in [0.717, 1.165) is 24.3 Å². The second kappa shape index (κ2) is 9.74. The van der Waals surface area contributed by atoms with Crippen LogP contribution >= 0.6 is 0 Å². The van der Waals surface area contributed by atoms with Crippen LogP contribution in [0.5, 0.6) is 5.75 Å². The lowest BCUT2D eigenvalue weighted by atomic mass is 9.96. The van der Waals surface area contributed by atoms with Gasteiger partial charge in [0.2, 0.25) is 0 Å². The highest BCUT2D eigenvalue weighted by Crippen LogP contribution is 2.24. The first kappa shape index (κ1) is 20.4. The number of carbonyl (C=O) groups excluding carboxylic acids is 1. The highest BCUT2D eigenvalue weighted by Gasteiger charge is 2.18. The van der Waals surface area contributed by atoms with E-state index in [2.05, 4.69) is 36.2 Å². The van der Waals surface area contributed by atoms with E-state index in [4.69, 9.17) is 4.74 Å². The molecule has 0 saturated carbocycles. The fourth-order valence-corrected chi connectivity index (χ4v) is 3.79. The standard InChI is InChI=1S/C24H32N2O2/c1-18(2)16-23(20-10-12-22(28-3)13-11-20)25-24(27)21-8-6-19(7-9-21)17-26-14-4-5-15-26/h6-13,18,23H,4-5,14-17H2,1-3H3,(H,25,27)/t23-/m1/s1. The monoisotopic (exact) mass is 380 g/mol. The number of nitrogens with one attached hydrogen (secondary N) is 1. The Morgan fingerprint density at radius 1 is 1.04 bits per heavy atom. The maximum absolute atomic E-state index is 12.8. The zero-order chi connectivity index (χ0) is 19.9. The van der Waals surface area contributed by atoms with E-state index < -0.39 is 0 Å². The lowest BCUT2D eigenvalue weighted by molar-refractivity contribution is 0.0932. The van der Waals surface area contributed by atoms with Crippen LogP contribution in [-0.4, -0.2) is 31.0 Å². The molecule has 0 aliphatic carbocycles. The average molecular weight is 381 g/mol. The van der Waals surface area contributed by atoms with E-state index >= 15 is 0 Å². The van der Waals surface area contributed by atoms with Gasteiger partial charge < -0.3 is 10.1 Å². The van der Waals surface area contributed by atoms with E-state index in [0.29, 0.717) is 11.5 Å². The molecule has 4 heteroatoms. The fraction of sp³-hybridized carbons (Fsp3) is 0.458. The van der Waals surface area contributed by atoms with Crippen molar-refractivity contribution < 1.29 is 9.53 Å². The third-order valence-electron chi connectivity index (χ3n) is 5.35. The number of carbonyl (C=O) groups is 1. The molecule has 150 valence electrons. The number of benzene rings is 2. The second-order valence-electron chi connectivity index (χ2n) is 8.11. The molecule has 28 heavy (non-hydrogen) atoms.